The number of carbonyl (C=O) groups is 1. The molecule has 114 valence electrons. The molecule has 1 aromatic rings. The Kier molecular flexibility index (Phi) is 4.90. The van der Waals surface area contributed by atoms with Crippen molar-refractivity contribution in [1.29, 1.82) is 0 Å². The first-order valence-electron chi connectivity index (χ1n) is 7.43. The van der Waals surface area contributed by atoms with E-state index in [4.69, 9.17) is 0 Å². The van der Waals surface area contributed by atoms with Crippen molar-refractivity contribution >= 4 is 27.5 Å². The molecule has 2 saturated heterocycles. The number of anilines is 1. The zero-order valence-corrected chi connectivity index (χ0v) is 13.6. The quantitative estimate of drug-likeness (QED) is 0.847. The Balaban J connectivity index is 1.43. The summed E-state index contributed by atoms with van der Waals surface area (Å²) in [7, 11) is 0. The average molecular weight is 353 g/mol. The Hall–Kier alpha value is -0.950. The van der Waals surface area contributed by atoms with Gasteiger partial charge in [0.1, 0.15) is 0 Å². The minimum atomic E-state index is 0.0619. The molecule has 21 heavy (non-hydrogen) atoms. The van der Waals surface area contributed by atoms with Crippen LogP contribution in [-0.4, -0.2) is 67.6 Å². The third-order valence-corrected chi connectivity index (χ3v) is 4.65. The number of nitrogens with zero attached hydrogens (tertiary/aromatic N) is 2. The molecular formula is C15H21BrN4O. The lowest BCUT2D eigenvalue weighted by atomic mass is 10.1. The van der Waals surface area contributed by atoms with E-state index < -0.39 is 0 Å². The third kappa shape index (κ3) is 4.03. The first-order chi connectivity index (χ1) is 10.2. The van der Waals surface area contributed by atoms with E-state index in [0.29, 0.717) is 12.6 Å². The minimum Gasteiger partial charge on any atom is -0.325 e. The van der Waals surface area contributed by atoms with Crippen LogP contribution in [0.25, 0.3) is 0 Å². The molecule has 0 unspecified atom stereocenters. The number of rotatable bonds is 4. The van der Waals surface area contributed by atoms with Gasteiger partial charge in [-0.1, -0.05) is 22.0 Å². The number of nitrogens with one attached hydrogen (secondary N) is 2. The molecule has 0 radical (unpaired) electrons. The van der Waals surface area contributed by atoms with Crippen LogP contribution in [0.2, 0.25) is 0 Å². The number of piperazine rings is 1. The molecular weight excluding hydrogens is 332 g/mol. The van der Waals surface area contributed by atoms with Crippen molar-refractivity contribution in [3.8, 4) is 0 Å². The Labute approximate surface area is 133 Å². The van der Waals surface area contributed by atoms with Gasteiger partial charge in [0.2, 0.25) is 5.91 Å². The van der Waals surface area contributed by atoms with Crippen LogP contribution in [0.3, 0.4) is 0 Å². The number of halogens is 1. The normalized spacial score (nSPS) is 21.0. The van der Waals surface area contributed by atoms with Crippen LogP contribution in [0.4, 0.5) is 5.69 Å². The summed E-state index contributed by atoms with van der Waals surface area (Å²) in [6.45, 7) is 6.79. The number of carbonyl (C=O) groups excluding carboxylic acids is 1. The van der Waals surface area contributed by atoms with Gasteiger partial charge in [-0.2, -0.15) is 0 Å². The monoisotopic (exact) mass is 352 g/mol. The van der Waals surface area contributed by atoms with E-state index in [0.717, 1.165) is 49.4 Å². The van der Waals surface area contributed by atoms with Crippen LogP contribution in [-0.2, 0) is 4.79 Å². The number of benzene rings is 1. The average Bonchev–Trinajstić information content (AvgIpc) is 2.39. The topological polar surface area (TPSA) is 47.6 Å². The molecule has 2 N–H and O–H groups in total. The molecule has 2 heterocycles. The Morgan fingerprint density at radius 1 is 1.29 bits per heavy atom. The van der Waals surface area contributed by atoms with Gasteiger partial charge in [0.05, 0.1) is 6.54 Å². The maximum atomic E-state index is 12.1. The highest BCUT2D eigenvalue weighted by Gasteiger charge is 2.28. The van der Waals surface area contributed by atoms with Gasteiger partial charge in [-0.3, -0.25) is 14.6 Å². The standard InChI is InChI=1S/C15H21BrN4O/c16-12-2-1-3-13(8-12)18-15(21)11-19-4-6-20(7-5-19)14-9-17-10-14/h1-3,8,14,17H,4-7,9-11H2,(H,18,21). The molecule has 5 nitrogen and oxygen atoms in total. The number of hydrogen-bond acceptors (Lipinski definition) is 4. The minimum absolute atomic E-state index is 0.0619. The van der Waals surface area contributed by atoms with Crippen LogP contribution in [0, 0.1) is 0 Å². The maximum absolute atomic E-state index is 12.1. The third-order valence-electron chi connectivity index (χ3n) is 4.16. The SMILES string of the molecule is O=C(CN1CCN(C2CNC2)CC1)Nc1cccc(Br)c1. The summed E-state index contributed by atoms with van der Waals surface area (Å²) < 4.78 is 0.975. The zero-order chi connectivity index (χ0) is 14.7. The largest absolute Gasteiger partial charge is 0.325 e. The van der Waals surface area contributed by atoms with Crippen molar-refractivity contribution in [2.24, 2.45) is 0 Å². The fraction of sp³-hybridized carbons (Fsp3) is 0.533. The lowest BCUT2D eigenvalue weighted by molar-refractivity contribution is -0.117. The van der Waals surface area contributed by atoms with E-state index in [2.05, 4.69) is 36.4 Å². The van der Waals surface area contributed by atoms with Crippen molar-refractivity contribution in [2.75, 3.05) is 51.1 Å². The van der Waals surface area contributed by atoms with Gasteiger partial charge in [-0.05, 0) is 18.2 Å². The van der Waals surface area contributed by atoms with Crippen LogP contribution in [0.5, 0.6) is 0 Å². The first-order valence-corrected chi connectivity index (χ1v) is 8.22. The van der Waals surface area contributed by atoms with E-state index in [1.54, 1.807) is 0 Å². The van der Waals surface area contributed by atoms with Crippen molar-refractivity contribution < 1.29 is 4.79 Å². The lowest BCUT2D eigenvalue weighted by Gasteiger charge is -2.43. The van der Waals surface area contributed by atoms with Gasteiger partial charge in [0, 0.05) is 55.5 Å². The molecule has 0 aromatic heterocycles. The molecule has 0 saturated carbocycles. The smallest absolute Gasteiger partial charge is 0.238 e. The summed E-state index contributed by atoms with van der Waals surface area (Å²) in [4.78, 5) is 16.8. The molecule has 3 rings (SSSR count). The second-order valence-electron chi connectivity index (χ2n) is 5.68. The van der Waals surface area contributed by atoms with E-state index >= 15 is 0 Å². The van der Waals surface area contributed by atoms with Crippen LogP contribution in [0.1, 0.15) is 0 Å². The number of hydrogen-bond donors (Lipinski definition) is 2. The molecule has 2 fully saturated rings. The van der Waals surface area contributed by atoms with Gasteiger partial charge in [0.15, 0.2) is 0 Å². The molecule has 6 heteroatoms. The molecule has 2 aliphatic rings. The molecule has 0 aliphatic carbocycles. The Morgan fingerprint density at radius 3 is 2.67 bits per heavy atom. The van der Waals surface area contributed by atoms with Gasteiger partial charge in [-0.15, -0.1) is 0 Å². The predicted molar refractivity (Wildman–Crippen MR) is 87.4 cm³/mol. The van der Waals surface area contributed by atoms with Crippen molar-refractivity contribution in [3.05, 3.63) is 28.7 Å². The Bertz CT molecular complexity index is 498. The lowest BCUT2D eigenvalue weighted by Crippen LogP contribution is -2.61. The molecule has 0 bridgehead atoms. The highest BCUT2D eigenvalue weighted by molar-refractivity contribution is 9.10. The summed E-state index contributed by atoms with van der Waals surface area (Å²) in [5.74, 6) is 0.0619. The van der Waals surface area contributed by atoms with Gasteiger partial charge >= 0.3 is 0 Å². The molecule has 0 atom stereocenters. The second-order valence-corrected chi connectivity index (χ2v) is 6.60. The van der Waals surface area contributed by atoms with Crippen molar-refractivity contribution in [3.63, 3.8) is 0 Å². The molecule has 2 aliphatic heterocycles. The number of amides is 1. The van der Waals surface area contributed by atoms with E-state index in [-0.39, 0.29) is 5.91 Å². The highest BCUT2D eigenvalue weighted by atomic mass is 79.9. The highest BCUT2D eigenvalue weighted by Crippen LogP contribution is 2.15. The van der Waals surface area contributed by atoms with E-state index in [1.165, 1.54) is 0 Å². The van der Waals surface area contributed by atoms with Gasteiger partial charge < -0.3 is 10.6 Å². The fourth-order valence-electron chi connectivity index (χ4n) is 2.79. The van der Waals surface area contributed by atoms with Crippen LogP contribution < -0.4 is 10.6 Å². The van der Waals surface area contributed by atoms with Gasteiger partial charge in [0.25, 0.3) is 0 Å². The Morgan fingerprint density at radius 2 is 2.05 bits per heavy atom. The summed E-state index contributed by atoms with van der Waals surface area (Å²) in [5.41, 5.74) is 0.841. The second kappa shape index (κ2) is 6.87. The maximum Gasteiger partial charge on any atom is 0.238 e. The molecule has 0 spiro atoms. The summed E-state index contributed by atoms with van der Waals surface area (Å²) in [5, 5.41) is 6.26. The van der Waals surface area contributed by atoms with Crippen molar-refractivity contribution in [2.45, 2.75) is 6.04 Å². The zero-order valence-electron chi connectivity index (χ0n) is 12.0. The molecule has 1 aromatic carbocycles. The molecule has 1 amide bonds. The summed E-state index contributed by atoms with van der Waals surface area (Å²) in [6, 6.07) is 8.40. The fourth-order valence-corrected chi connectivity index (χ4v) is 3.19. The van der Waals surface area contributed by atoms with Gasteiger partial charge in [-0.25, -0.2) is 0 Å². The summed E-state index contributed by atoms with van der Waals surface area (Å²) >= 11 is 3.41. The van der Waals surface area contributed by atoms with Crippen LogP contribution >= 0.6 is 15.9 Å². The first kappa shape index (κ1) is 15.0. The predicted octanol–water partition coefficient (Wildman–Crippen LogP) is 0.977. The van der Waals surface area contributed by atoms with E-state index in [9.17, 15) is 4.79 Å². The summed E-state index contributed by atoms with van der Waals surface area (Å²) in [6.07, 6.45) is 0. The van der Waals surface area contributed by atoms with Crippen molar-refractivity contribution in [1.82, 2.24) is 15.1 Å². The van der Waals surface area contributed by atoms with Crippen LogP contribution in [0.15, 0.2) is 28.7 Å². The van der Waals surface area contributed by atoms with E-state index in [1.807, 2.05) is 24.3 Å².